The fraction of sp³-hybridized carbons (Fsp3) is 0.115. The number of anilines is 1. The minimum Gasteiger partial charge on any atom is -0.462 e. The second-order valence-corrected chi connectivity index (χ2v) is 7.57. The molecule has 0 spiro atoms. The van der Waals surface area contributed by atoms with Gasteiger partial charge in [-0.3, -0.25) is 14.5 Å². The minimum absolute atomic E-state index is 0.0532. The number of benzene rings is 3. The molecule has 164 valence electrons. The third kappa shape index (κ3) is 3.38. The molecule has 3 aromatic carbocycles. The lowest BCUT2D eigenvalue weighted by Crippen LogP contribution is -2.29. The lowest BCUT2D eigenvalue weighted by Gasteiger charge is -2.25. The first-order valence-corrected chi connectivity index (χ1v) is 10.4. The number of para-hydroxylation sites is 1. The largest absolute Gasteiger partial charge is 0.462 e. The lowest BCUT2D eigenvalue weighted by atomic mass is 9.98. The maximum atomic E-state index is 13.6. The average molecular weight is 443 g/mol. The zero-order valence-electron chi connectivity index (χ0n) is 17.6. The van der Waals surface area contributed by atoms with Crippen molar-refractivity contribution < 1.29 is 23.1 Å². The number of carbonyl (C=O) groups excluding carboxylic acids is 2. The van der Waals surface area contributed by atoms with Gasteiger partial charge in [0.15, 0.2) is 5.43 Å². The number of esters is 1. The van der Waals surface area contributed by atoms with Crippen LogP contribution in [0.3, 0.4) is 0 Å². The van der Waals surface area contributed by atoms with Gasteiger partial charge in [-0.15, -0.1) is 0 Å². The Morgan fingerprint density at radius 2 is 1.70 bits per heavy atom. The van der Waals surface area contributed by atoms with Gasteiger partial charge in [-0.2, -0.15) is 0 Å². The van der Waals surface area contributed by atoms with Crippen molar-refractivity contribution >= 4 is 28.5 Å². The maximum Gasteiger partial charge on any atom is 0.338 e. The van der Waals surface area contributed by atoms with Crippen molar-refractivity contribution in [3.05, 3.63) is 111 Å². The van der Waals surface area contributed by atoms with Gasteiger partial charge in [-0.25, -0.2) is 9.18 Å². The van der Waals surface area contributed by atoms with Gasteiger partial charge >= 0.3 is 5.97 Å². The fourth-order valence-corrected chi connectivity index (χ4v) is 4.12. The molecule has 1 amide bonds. The summed E-state index contributed by atoms with van der Waals surface area (Å²) in [5, 5.41) is 0.357. The number of halogens is 1. The van der Waals surface area contributed by atoms with Crippen LogP contribution >= 0.6 is 0 Å². The van der Waals surface area contributed by atoms with Crippen LogP contribution in [0.15, 0.2) is 82.0 Å². The summed E-state index contributed by atoms with van der Waals surface area (Å²) < 4.78 is 24.5. The molecule has 1 atom stereocenters. The summed E-state index contributed by atoms with van der Waals surface area (Å²) in [4.78, 5) is 40.4. The number of ether oxygens (including phenoxy) is 1. The number of hydrogen-bond acceptors (Lipinski definition) is 5. The molecule has 1 aromatic heterocycles. The normalized spacial score (nSPS) is 15.0. The molecule has 6 nitrogen and oxygen atoms in total. The van der Waals surface area contributed by atoms with Gasteiger partial charge in [0.25, 0.3) is 5.91 Å². The molecule has 1 unspecified atom stereocenters. The Balaban J connectivity index is 1.69. The Labute approximate surface area is 187 Å². The molecule has 0 fully saturated rings. The van der Waals surface area contributed by atoms with E-state index in [1.807, 2.05) is 0 Å². The van der Waals surface area contributed by atoms with Gasteiger partial charge < -0.3 is 9.15 Å². The Morgan fingerprint density at radius 3 is 2.39 bits per heavy atom. The Morgan fingerprint density at radius 1 is 1.00 bits per heavy atom. The highest BCUT2D eigenvalue weighted by Crippen LogP contribution is 2.41. The number of nitrogens with zero attached hydrogens (tertiary/aromatic N) is 1. The van der Waals surface area contributed by atoms with Crippen LogP contribution in [0.25, 0.3) is 11.0 Å². The van der Waals surface area contributed by atoms with Crippen LogP contribution in [-0.2, 0) is 4.74 Å². The fourth-order valence-electron chi connectivity index (χ4n) is 4.12. The highest BCUT2D eigenvalue weighted by atomic mass is 19.1. The molecule has 0 N–H and O–H groups in total. The van der Waals surface area contributed by atoms with Crippen LogP contribution in [0.1, 0.15) is 45.0 Å². The van der Waals surface area contributed by atoms with Crippen LogP contribution in [0.5, 0.6) is 0 Å². The molecule has 0 saturated carbocycles. The van der Waals surface area contributed by atoms with Crippen LogP contribution < -0.4 is 10.3 Å². The summed E-state index contributed by atoms with van der Waals surface area (Å²) in [6.07, 6.45) is 0. The van der Waals surface area contributed by atoms with Gasteiger partial charge in [0, 0.05) is 5.69 Å². The van der Waals surface area contributed by atoms with Crippen LogP contribution in [0, 0.1) is 5.82 Å². The second kappa shape index (κ2) is 8.02. The molecule has 1 aliphatic heterocycles. The van der Waals surface area contributed by atoms with Crippen molar-refractivity contribution in [1.29, 1.82) is 0 Å². The first-order valence-electron chi connectivity index (χ1n) is 10.4. The number of carbonyl (C=O) groups is 2. The van der Waals surface area contributed by atoms with Crippen molar-refractivity contribution in [2.45, 2.75) is 13.0 Å². The molecule has 4 aromatic rings. The molecule has 2 heterocycles. The zero-order chi connectivity index (χ0) is 23.1. The van der Waals surface area contributed by atoms with Gasteiger partial charge in [0.1, 0.15) is 11.4 Å². The van der Waals surface area contributed by atoms with Gasteiger partial charge in [0.2, 0.25) is 5.76 Å². The summed E-state index contributed by atoms with van der Waals surface area (Å²) in [7, 11) is 0. The van der Waals surface area contributed by atoms with Crippen molar-refractivity contribution in [2.24, 2.45) is 0 Å². The van der Waals surface area contributed by atoms with Gasteiger partial charge in [-0.1, -0.05) is 24.3 Å². The first-order chi connectivity index (χ1) is 16.0. The highest BCUT2D eigenvalue weighted by Gasteiger charge is 2.43. The zero-order valence-corrected chi connectivity index (χ0v) is 17.6. The van der Waals surface area contributed by atoms with Crippen molar-refractivity contribution in [3.8, 4) is 0 Å². The molecule has 0 radical (unpaired) electrons. The number of hydrogen-bond donors (Lipinski definition) is 0. The smallest absolute Gasteiger partial charge is 0.338 e. The van der Waals surface area contributed by atoms with E-state index < -0.39 is 23.7 Å². The van der Waals surface area contributed by atoms with E-state index in [2.05, 4.69) is 0 Å². The summed E-state index contributed by atoms with van der Waals surface area (Å²) in [5.74, 6) is -1.45. The van der Waals surface area contributed by atoms with Gasteiger partial charge in [0.05, 0.1) is 29.2 Å². The Kier molecular flexibility index (Phi) is 5.01. The number of amides is 1. The van der Waals surface area contributed by atoms with Crippen LogP contribution in [0.4, 0.5) is 10.1 Å². The third-order valence-electron chi connectivity index (χ3n) is 5.62. The van der Waals surface area contributed by atoms with Crippen LogP contribution in [0.2, 0.25) is 0 Å². The Hall–Kier alpha value is -4.26. The van der Waals surface area contributed by atoms with Crippen LogP contribution in [-0.4, -0.2) is 18.5 Å². The summed E-state index contributed by atoms with van der Waals surface area (Å²) >= 11 is 0. The average Bonchev–Trinajstić information content (AvgIpc) is 3.12. The van der Waals surface area contributed by atoms with Crippen molar-refractivity contribution in [2.75, 3.05) is 11.5 Å². The summed E-state index contributed by atoms with van der Waals surface area (Å²) in [5.41, 5.74) is 1.53. The standard InChI is InChI=1S/C26H18FNO5/c1-2-32-26(31)16-9-13-18(14-10-16)28-22(15-7-11-17(27)12-8-15)21-23(29)19-5-3-4-6-20(19)33-24(21)25(28)30/h3-14,22H,2H2,1H3. The minimum atomic E-state index is -0.817. The topological polar surface area (TPSA) is 76.8 Å². The number of rotatable bonds is 4. The third-order valence-corrected chi connectivity index (χ3v) is 5.62. The van der Waals surface area contributed by atoms with Gasteiger partial charge in [-0.05, 0) is 61.0 Å². The molecule has 5 rings (SSSR count). The van der Waals surface area contributed by atoms with Crippen molar-refractivity contribution in [1.82, 2.24) is 0 Å². The molecule has 0 aliphatic carbocycles. The first kappa shape index (κ1) is 20.6. The van der Waals surface area contributed by atoms with E-state index in [1.54, 1.807) is 55.5 Å². The number of fused-ring (bicyclic) bond motifs is 2. The van der Waals surface area contributed by atoms with E-state index in [9.17, 15) is 18.8 Å². The van der Waals surface area contributed by atoms with E-state index in [0.29, 0.717) is 27.8 Å². The van der Waals surface area contributed by atoms with Crippen molar-refractivity contribution in [3.63, 3.8) is 0 Å². The van der Waals surface area contributed by atoms with E-state index in [4.69, 9.17) is 9.15 Å². The van der Waals surface area contributed by atoms with E-state index in [-0.39, 0.29) is 23.4 Å². The highest BCUT2D eigenvalue weighted by molar-refractivity contribution is 6.10. The molecule has 0 saturated heterocycles. The molecular weight excluding hydrogens is 425 g/mol. The second-order valence-electron chi connectivity index (χ2n) is 7.57. The molecule has 7 heteroatoms. The Bertz CT molecular complexity index is 1440. The lowest BCUT2D eigenvalue weighted by molar-refractivity contribution is 0.0526. The van der Waals surface area contributed by atoms with E-state index in [1.165, 1.54) is 29.2 Å². The molecular formula is C26H18FNO5. The predicted octanol–water partition coefficient (Wildman–Crippen LogP) is 4.86. The van der Waals surface area contributed by atoms with E-state index in [0.717, 1.165) is 0 Å². The molecule has 0 bridgehead atoms. The summed E-state index contributed by atoms with van der Waals surface area (Å²) in [6, 6.07) is 17.9. The predicted molar refractivity (Wildman–Crippen MR) is 120 cm³/mol. The molecule has 1 aliphatic rings. The molecule has 33 heavy (non-hydrogen) atoms. The SMILES string of the molecule is CCOC(=O)c1ccc(N2C(=O)c3oc4ccccc4c(=O)c3C2c2ccc(F)cc2)cc1. The van der Waals surface area contributed by atoms with E-state index >= 15 is 0 Å². The summed E-state index contributed by atoms with van der Waals surface area (Å²) in [6.45, 7) is 1.96. The quantitative estimate of drug-likeness (QED) is 0.421. The maximum absolute atomic E-state index is 13.6. The monoisotopic (exact) mass is 443 g/mol.